The normalized spacial score (nSPS) is 12.0. The summed E-state index contributed by atoms with van der Waals surface area (Å²) >= 11 is 0. The van der Waals surface area contributed by atoms with Gasteiger partial charge in [0.25, 0.3) is 0 Å². The highest BCUT2D eigenvalue weighted by Crippen LogP contribution is 2.30. The Hall–Kier alpha value is -2.37. The van der Waals surface area contributed by atoms with Gasteiger partial charge < -0.3 is 15.2 Å². The number of hydrogen-bond acceptors (Lipinski definition) is 3. The smallest absolute Gasteiger partial charge is 0.161 e. The van der Waals surface area contributed by atoms with Gasteiger partial charge in [0.05, 0.1) is 12.8 Å². The summed E-state index contributed by atoms with van der Waals surface area (Å²) in [6.07, 6.45) is 0. The van der Waals surface area contributed by atoms with Gasteiger partial charge in [0, 0.05) is 18.2 Å². The van der Waals surface area contributed by atoms with Crippen molar-refractivity contribution in [2.45, 2.75) is 13.0 Å². The van der Waals surface area contributed by atoms with Crippen molar-refractivity contribution in [1.29, 1.82) is 0 Å². The van der Waals surface area contributed by atoms with Crippen molar-refractivity contribution in [2.75, 3.05) is 12.4 Å². The lowest BCUT2D eigenvalue weighted by atomic mass is 10.1. The molecule has 6 heteroatoms. The van der Waals surface area contributed by atoms with Crippen LogP contribution in [0.1, 0.15) is 18.5 Å². The lowest BCUT2D eigenvalue weighted by Crippen LogP contribution is -2.09. The van der Waals surface area contributed by atoms with Crippen LogP contribution in [-0.4, -0.2) is 12.2 Å². The Morgan fingerprint density at radius 2 is 1.71 bits per heavy atom. The molecule has 0 aliphatic carbocycles. The summed E-state index contributed by atoms with van der Waals surface area (Å²) in [5.41, 5.74) is 0.544. The van der Waals surface area contributed by atoms with Crippen LogP contribution in [0.2, 0.25) is 0 Å². The van der Waals surface area contributed by atoms with E-state index in [0.29, 0.717) is 11.6 Å². The molecule has 1 unspecified atom stereocenters. The maximum absolute atomic E-state index is 13.6. The zero-order valence-corrected chi connectivity index (χ0v) is 11.5. The average molecular weight is 297 g/mol. The van der Waals surface area contributed by atoms with Crippen molar-refractivity contribution in [3.05, 3.63) is 53.3 Å². The summed E-state index contributed by atoms with van der Waals surface area (Å²) in [5, 5.41) is 12.3. The highest BCUT2D eigenvalue weighted by Gasteiger charge is 2.14. The van der Waals surface area contributed by atoms with E-state index in [1.807, 2.05) is 0 Å². The molecule has 0 saturated carbocycles. The third kappa shape index (κ3) is 3.21. The van der Waals surface area contributed by atoms with E-state index in [2.05, 4.69) is 5.32 Å². The molecule has 2 N–H and O–H groups in total. The second-order valence-electron chi connectivity index (χ2n) is 4.54. The Morgan fingerprint density at radius 3 is 2.38 bits per heavy atom. The second kappa shape index (κ2) is 5.95. The molecule has 0 saturated heterocycles. The van der Waals surface area contributed by atoms with Crippen LogP contribution in [0.3, 0.4) is 0 Å². The number of halogens is 3. The maximum Gasteiger partial charge on any atom is 0.161 e. The number of methoxy groups -OCH3 is 1. The molecule has 112 valence electrons. The number of ether oxygens (including phenoxy) is 1. The van der Waals surface area contributed by atoms with Gasteiger partial charge in [0.2, 0.25) is 0 Å². The number of benzene rings is 2. The van der Waals surface area contributed by atoms with Crippen LogP contribution in [0.5, 0.6) is 11.5 Å². The first-order valence-electron chi connectivity index (χ1n) is 6.20. The Kier molecular flexibility index (Phi) is 4.26. The molecular formula is C15H14F3NO2. The van der Waals surface area contributed by atoms with Crippen molar-refractivity contribution in [3.63, 3.8) is 0 Å². The SMILES string of the molecule is COc1cc(C(C)Nc2cc(F)c(F)cc2F)ccc1O. The van der Waals surface area contributed by atoms with Crippen LogP contribution in [0, 0.1) is 17.5 Å². The number of rotatable bonds is 4. The van der Waals surface area contributed by atoms with Gasteiger partial charge in [0.15, 0.2) is 23.1 Å². The zero-order chi connectivity index (χ0) is 15.6. The highest BCUT2D eigenvalue weighted by molar-refractivity contribution is 5.49. The molecule has 0 aromatic heterocycles. The number of hydrogen-bond donors (Lipinski definition) is 2. The molecule has 21 heavy (non-hydrogen) atoms. The van der Waals surface area contributed by atoms with E-state index in [0.717, 1.165) is 6.07 Å². The topological polar surface area (TPSA) is 41.5 Å². The van der Waals surface area contributed by atoms with Crippen molar-refractivity contribution < 1.29 is 23.0 Å². The van der Waals surface area contributed by atoms with Crippen molar-refractivity contribution >= 4 is 5.69 Å². The first-order chi connectivity index (χ1) is 9.92. The molecule has 2 rings (SSSR count). The van der Waals surface area contributed by atoms with Crippen LogP contribution >= 0.6 is 0 Å². The van der Waals surface area contributed by atoms with E-state index < -0.39 is 23.5 Å². The summed E-state index contributed by atoms with van der Waals surface area (Å²) in [6, 6.07) is 5.48. The summed E-state index contributed by atoms with van der Waals surface area (Å²) < 4.78 is 44.6. The lowest BCUT2D eigenvalue weighted by molar-refractivity contribution is 0.373. The predicted octanol–water partition coefficient (Wildman–Crippen LogP) is 3.99. The minimum absolute atomic E-state index is 0.0209. The molecular weight excluding hydrogens is 283 g/mol. The van der Waals surface area contributed by atoms with Crippen molar-refractivity contribution in [1.82, 2.24) is 0 Å². The van der Waals surface area contributed by atoms with E-state index in [1.54, 1.807) is 19.1 Å². The minimum atomic E-state index is -1.24. The number of anilines is 1. The number of nitrogens with one attached hydrogen (secondary N) is 1. The first kappa shape index (κ1) is 15.0. The number of aromatic hydroxyl groups is 1. The van der Waals surface area contributed by atoms with Gasteiger partial charge in [-0.15, -0.1) is 0 Å². The monoisotopic (exact) mass is 297 g/mol. The van der Waals surface area contributed by atoms with Crippen LogP contribution in [0.15, 0.2) is 30.3 Å². The molecule has 0 aliphatic heterocycles. The lowest BCUT2D eigenvalue weighted by Gasteiger charge is -2.17. The van der Waals surface area contributed by atoms with Gasteiger partial charge >= 0.3 is 0 Å². The van der Waals surface area contributed by atoms with Crippen molar-refractivity contribution in [2.24, 2.45) is 0 Å². The van der Waals surface area contributed by atoms with Crippen molar-refractivity contribution in [3.8, 4) is 11.5 Å². The van der Waals surface area contributed by atoms with E-state index in [9.17, 15) is 18.3 Å². The minimum Gasteiger partial charge on any atom is -0.504 e. The van der Waals surface area contributed by atoms with E-state index in [4.69, 9.17) is 4.74 Å². The summed E-state index contributed by atoms with van der Waals surface area (Å²) in [7, 11) is 1.41. The molecule has 0 spiro atoms. The molecule has 2 aromatic rings. The van der Waals surface area contributed by atoms with Gasteiger partial charge in [0.1, 0.15) is 5.82 Å². The fourth-order valence-electron chi connectivity index (χ4n) is 1.91. The molecule has 1 atom stereocenters. The third-order valence-electron chi connectivity index (χ3n) is 3.09. The fraction of sp³-hybridized carbons (Fsp3) is 0.200. The van der Waals surface area contributed by atoms with E-state index in [1.165, 1.54) is 13.2 Å². The first-order valence-corrected chi connectivity index (χ1v) is 6.20. The quantitative estimate of drug-likeness (QED) is 0.838. The molecule has 0 bridgehead atoms. The van der Waals surface area contributed by atoms with Gasteiger partial charge in [-0.3, -0.25) is 0 Å². The Labute approximate surface area is 120 Å². The largest absolute Gasteiger partial charge is 0.504 e. The fourth-order valence-corrected chi connectivity index (χ4v) is 1.91. The summed E-state index contributed by atoms with van der Waals surface area (Å²) in [4.78, 5) is 0. The van der Waals surface area contributed by atoms with Gasteiger partial charge in [-0.1, -0.05) is 6.07 Å². The average Bonchev–Trinajstić information content (AvgIpc) is 2.45. The van der Waals surface area contributed by atoms with Gasteiger partial charge in [-0.25, -0.2) is 13.2 Å². The molecule has 0 fully saturated rings. The molecule has 3 nitrogen and oxygen atoms in total. The maximum atomic E-state index is 13.6. The third-order valence-corrected chi connectivity index (χ3v) is 3.09. The standard InChI is InChI=1S/C15H14F3NO2/c1-8(9-3-4-14(20)15(5-9)21-2)19-13-7-11(17)10(16)6-12(13)18/h3-8,19-20H,1-2H3. The molecule has 0 aliphatic rings. The second-order valence-corrected chi connectivity index (χ2v) is 4.54. The Balaban J connectivity index is 2.25. The zero-order valence-electron chi connectivity index (χ0n) is 11.5. The van der Waals surface area contributed by atoms with Crippen LogP contribution in [0.4, 0.5) is 18.9 Å². The number of phenols is 1. The molecule has 0 amide bonds. The Morgan fingerprint density at radius 1 is 1.05 bits per heavy atom. The molecule has 0 heterocycles. The summed E-state index contributed by atoms with van der Waals surface area (Å²) in [5.74, 6) is -3.00. The van der Waals surface area contributed by atoms with E-state index >= 15 is 0 Å². The Bertz CT molecular complexity index is 662. The molecule has 2 aromatic carbocycles. The van der Waals surface area contributed by atoms with Crippen LogP contribution < -0.4 is 10.1 Å². The van der Waals surface area contributed by atoms with Crippen LogP contribution in [0.25, 0.3) is 0 Å². The predicted molar refractivity (Wildman–Crippen MR) is 73.0 cm³/mol. The molecule has 0 radical (unpaired) electrons. The van der Waals surface area contributed by atoms with Gasteiger partial charge in [-0.05, 0) is 24.6 Å². The summed E-state index contributed by atoms with van der Waals surface area (Å²) in [6.45, 7) is 1.71. The highest BCUT2D eigenvalue weighted by atomic mass is 19.2. The van der Waals surface area contributed by atoms with Crippen LogP contribution in [-0.2, 0) is 0 Å². The van der Waals surface area contributed by atoms with E-state index in [-0.39, 0.29) is 17.2 Å². The number of phenolic OH excluding ortho intramolecular Hbond substituents is 1. The van der Waals surface area contributed by atoms with Gasteiger partial charge in [-0.2, -0.15) is 0 Å².